The van der Waals surface area contributed by atoms with Crippen LogP contribution in [-0.4, -0.2) is 42.2 Å². The molecule has 0 fully saturated rings. The third-order valence-corrected chi connectivity index (χ3v) is 3.16. The summed E-state index contributed by atoms with van der Waals surface area (Å²) in [5.74, 6) is -0.939. The Hall–Kier alpha value is -1.75. The molecule has 19 heavy (non-hydrogen) atoms. The van der Waals surface area contributed by atoms with Gasteiger partial charge in [0.2, 0.25) is 0 Å². The number of nitrogens with two attached hydrogens (primary N) is 1. The van der Waals surface area contributed by atoms with Crippen LogP contribution in [0.25, 0.3) is 0 Å². The Balaban J connectivity index is 2.48. The lowest BCUT2D eigenvalue weighted by Crippen LogP contribution is -2.25. The maximum atomic E-state index is 10.9. The molecule has 0 heterocycles. The number of nitrogens with zero attached hydrogens (tertiary/aromatic N) is 1. The highest BCUT2D eigenvalue weighted by Gasteiger charge is 2.06. The second-order valence-electron chi connectivity index (χ2n) is 4.41. The van der Waals surface area contributed by atoms with Gasteiger partial charge in [0.1, 0.15) is 0 Å². The minimum atomic E-state index is -0.939. The number of carboxylic acids is 1. The van der Waals surface area contributed by atoms with Crippen molar-refractivity contribution in [1.29, 1.82) is 0 Å². The minimum Gasteiger partial charge on any atom is -0.478 e. The van der Waals surface area contributed by atoms with Crippen molar-refractivity contribution >= 4 is 17.3 Å². The number of carboxylic acid groups (broad SMARTS) is 1. The lowest BCUT2D eigenvalue weighted by molar-refractivity contribution is 0.0697. The van der Waals surface area contributed by atoms with Gasteiger partial charge in [-0.2, -0.15) is 0 Å². The average molecular weight is 265 g/mol. The van der Waals surface area contributed by atoms with Crippen LogP contribution in [0.4, 0.5) is 11.4 Å². The smallest absolute Gasteiger partial charge is 0.335 e. The van der Waals surface area contributed by atoms with Gasteiger partial charge in [0.25, 0.3) is 0 Å². The van der Waals surface area contributed by atoms with Gasteiger partial charge in [-0.1, -0.05) is 13.8 Å². The fourth-order valence-corrected chi connectivity index (χ4v) is 1.91. The first-order chi connectivity index (χ1) is 9.08. The van der Waals surface area contributed by atoms with Crippen LogP contribution in [0.3, 0.4) is 0 Å². The second-order valence-corrected chi connectivity index (χ2v) is 4.41. The predicted molar refractivity (Wildman–Crippen MR) is 78.7 cm³/mol. The normalized spacial score (nSPS) is 10.7. The van der Waals surface area contributed by atoms with E-state index < -0.39 is 5.97 Å². The lowest BCUT2D eigenvalue weighted by Gasteiger charge is -2.18. The first kappa shape index (κ1) is 15.3. The first-order valence-corrected chi connectivity index (χ1v) is 6.67. The van der Waals surface area contributed by atoms with Crippen molar-refractivity contribution < 1.29 is 9.90 Å². The van der Waals surface area contributed by atoms with Crippen molar-refractivity contribution in [3.8, 4) is 0 Å². The van der Waals surface area contributed by atoms with Crippen LogP contribution in [0.15, 0.2) is 18.2 Å². The third kappa shape index (κ3) is 4.79. The fraction of sp³-hybridized carbons (Fsp3) is 0.500. The van der Waals surface area contributed by atoms with Gasteiger partial charge in [0.05, 0.1) is 16.9 Å². The van der Waals surface area contributed by atoms with E-state index in [0.29, 0.717) is 11.4 Å². The number of nitrogen functional groups attached to an aromatic ring is 1. The Morgan fingerprint density at radius 1 is 1.37 bits per heavy atom. The summed E-state index contributed by atoms with van der Waals surface area (Å²) in [6.07, 6.45) is 0.998. The average Bonchev–Trinajstić information content (AvgIpc) is 2.40. The van der Waals surface area contributed by atoms with E-state index in [2.05, 4.69) is 24.1 Å². The Morgan fingerprint density at radius 2 is 2.05 bits per heavy atom. The third-order valence-electron chi connectivity index (χ3n) is 3.16. The molecule has 1 aromatic carbocycles. The molecule has 0 aromatic heterocycles. The Kier molecular flexibility index (Phi) is 6.15. The molecule has 4 N–H and O–H groups in total. The molecular formula is C14H23N3O2. The topological polar surface area (TPSA) is 78.6 Å². The molecule has 0 aliphatic heterocycles. The van der Waals surface area contributed by atoms with Crippen LogP contribution in [-0.2, 0) is 0 Å². The maximum absolute atomic E-state index is 10.9. The summed E-state index contributed by atoms with van der Waals surface area (Å²) in [4.78, 5) is 13.2. The van der Waals surface area contributed by atoms with Gasteiger partial charge < -0.3 is 21.1 Å². The standard InChI is InChI=1S/C14H23N3O2/c1-3-17(4-2)9-5-8-16-13-10-11(14(18)19)6-7-12(13)15/h6-7,10,16H,3-5,8-9,15H2,1-2H3,(H,18,19). The fourth-order valence-electron chi connectivity index (χ4n) is 1.91. The molecule has 1 aromatic rings. The molecule has 0 unspecified atom stereocenters. The van der Waals surface area contributed by atoms with E-state index in [0.717, 1.165) is 32.6 Å². The molecule has 0 radical (unpaired) electrons. The summed E-state index contributed by atoms with van der Waals surface area (Å²) < 4.78 is 0. The Bertz CT molecular complexity index is 417. The number of benzene rings is 1. The molecule has 0 spiro atoms. The van der Waals surface area contributed by atoms with Crippen molar-refractivity contribution in [3.63, 3.8) is 0 Å². The number of hydrogen-bond acceptors (Lipinski definition) is 4. The van der Waals surface area contributed by atoms with Crippen molar-refractivity contribution in [2.24, 2.45) is 0 Å². The molecule has 1 rings (SSSR count). The summed E-state index contributed by atoms with van der Waals surface area (Å²) in [5.41, 5.74) is 7.34. The number of nitrogens with one attached hydrogen (secondary N) is 1. The monoisotopic (exact) mass is 265 g/mol. The Labute approximate surface area is 114 Å². The van der Waals surface area contributed by atoms with E-state index in [4.69, 9.17) is 10.8 Å². The molecule has 5 nitrogen and oxygen atoms in total. The van der Waals surface area contributed by atoms with Gasteiger partial charge in [-0.3, -0.25) is 0 Å². The molecular weight excluding hydrogens is 242 g/mol. The van der Waals surface area contributed by atoms with Gasteiger partial charge in [0.15, 0.2) is 0 Å². The van der Waals surface area contributed by atoms with Crippen molar-refractivity contribution in [1.82, 2.24) is 4.90 Å². The van der Waals surface area contributed by atoms with Crippen LogP contribution in [0.5, 0.6) is 0 Å². The zero-order chi connectivity index (χ0) is 14.3. The lowest BCUT2D eigenvalue weighted by atomic mass is 10.1. The predicted octanol–water partition coefficient (Wildman–Crippen LogP) is 2.11. The van der Waals surface area contributed by atoms with E-state index in [1.807, 2.05) is 0 Å². The maximum Gasteiger partial charge on any atom is 0.335 e. The van der Waals surface area contributed by atoms with Gasteiger partial charge in [-0.05, 0) is 44.3 Å². The highest BCUT2D eigenvalue weighted by molar-refractivity contribution is 5.90. The quantitative estimate of drug-likeness (QED) is 0.495. The van der Waals surface area contributed by atoms with Gasteiger partial charge in [-0.25, -0.2) is 4.79 Å². The van der Waals surface area contributed by atoms with Crippen LogP contribution in [0.1, 0.15) is 30.6 Å². The zero-order valence-electron chi connectivity index (χ0n) is 11.6. The van der Waals surface area contributed by atoms with Crippen LogP contribution >= 0.6 is 0 Å². The molecule has 0 aliphatic rings. The molecule has 0 amide bonds. The highest BCUT2D eigenvalue weighted by atomic mass is 16.4. The van der Waals surface area contributed by atoms with Crippen LogP contribution in [0, 0.1) is 0 Å². The van der Waals surface area contributed by atoms with E-state index in [1.54, 1.807) is 12.1 Å². The van der Waals surface area contributed by atoms with E-state index in [9.17, 15) is 4.79 Å². The summed E-state index contributed by atoms with van der Waals surface area (Å²) in [6.45, 7) is 8.19. The molecule has 0 saturated carbocycles. The van der Waals surface area contributed by atoms with Gasteiger partial charge in [-0.15, -0.1) is 0 Å². The number of hydrogen-bond donors (Lipinski definition) is 3. The first-order valence-electron chi connectivity index (χ1n) is 6.67. The van der Waals surface area contributed by atoms with Crippen molar-refractivity contribution in [2.75, 3.05) is 37.2 Å². The van der Waals surface area contributed by atoms with Crippen molar-refractivity contribution in [2.45, 2.75) is 20.3 Å². The van der Waals surface area contributed by atoms with Crippen molar-refractivity contribution in [3.05, 3.63) is 23.8 Å². The summed E-state index contributed by atoms with van der Waals surface area (Å²) >= 11 is 0. The zero-order valence-corrected chi connectivity index (χ0v) is 11.6. The largest absolute Gasteiger partial charge is 0.478 e. The van der Waals surface area contributed by atoms with E-state index in [-0.39, 0.29) is 5.56 Å². The number of anilines is 2. The molecule has 106 valence electrons. The summed E-state index contributed by atoms with van der Waals surface area (Å²) in [7, 11) is 0. The highest BCUT2D eigenvalue weighted by Crippen LogP contribution is 2.19. The van der Waals surface area contributed by atoms with Crippen LogP contribution in [0.2, 0.25) is 0 Å². The summed E-state index contributed by atoms with van der Waals surface area (Å²) in [6, 6.07) is 4.71. The number of carbonyl (C=O) groups is 1. The molecule has 5 heteroatoms. The molecule has 0 aliphatic carbocycles. The minimum absolute atomic E-state index is 0.250. The molecule has 0 atom stereocenters. The number of aromatic carboxylic acids is 1. The van der Waals surface area contributed by atoms with E-state index in [1.165, 1.54) is 6.07 Å². The SMILES string of the molecule is CCN(CC)CCCNc1cc(C(=O)O)ccc1N. The van der Waals surface area contributed by atoms with Gasteiger partial charge >= 0.3 is 5.97 Å². The second kappa shape index (κ2) is 7.63. The number of rotatable bonds is 8. The van der Waals surface area contributed by atoms with Gasteiger partial charge in [0, 0.05) is 6.54 Å². The Morgan fingerprint density at radius 3 is 2.63 bits per heavy atom. The van der Waals surface area contributed by atoms with E-state index >= 15 is 0 Å². The molecule has 0 bridgehead atoms. The summed E-state index contributed by atoms with van der Waals surface area (Å²) in [5, 5.41) is 12.1. The van der Waals surface area contributed by atoms with Crippen LogP contribution < -0.4 is 11.1 Å². The molecule has 0 saturated heterocycles.